The molecule has 2 aliphatic heterocycles. The van der Waals surface area contributed by atoms with Gasteiger partial charge in [0.15, 0.2) is 18.7 Å². The molecule has 0 radical (unpaired) electrons. The van der Waals surface area contributed by atoms with E-state index in [2.05, 4.69) is 0 Å². The lowest BCUT2D eigenvalue weighted by atomic mass is 9.95. The van der Waals surface area contributed by atoms with Crippen molar-refractivity contribution in [3.05, 3.63) is 71.8 Å². The SMILES string of the molecule is COC1OC2COC(c3ccccc3)OC2C(OCc2ccccc2)C1OC(=O)C(C)(C)C. The van der Waals surface area contributed by atoms with Crippen LogP contribution >= 0.6 is 0 Å². The highest BCUT2D eigenvalue weighted by Gasteiger charge is 2.53. The Labute approximate surface area is 194 Å². The van der Waals surface area contributed by atoms with Crippen LogP contribution in [0.15, 0.2) is 60.7 Å². The van der Waals surface area contributed by atoms with E-state index in [1.165, 1.54) is 7.11 Å². The van der Waals surface area contributed by atoms with Crippen molar-refractivity contribution >= 4 is 5.97 Å². The number of hydrogen-bond donors (Lipinski definition) is 0. The zero-order valence-corrected chi connectivity index (χ0v) is 19.5. The zero-order chi connectivity index (χ0) is 23.4. The van der Waals surface area contributed by atoms with Crippen LogP contribution in [-0.2, 0) is 39.8 Å². The quantitative estimate of drug-likeness (QED) is 0.608. The molecule has 0 bridgehead atoms. The molecule has 0 aliphatic carbocycles. The predicted molar refractivity (Wildman–Crippen MR) is 120 cm³/mol. The number of carbonyl (C=O) groups is 1. The Balaban J connectivity index is 1.61. The number of benzene rings is 2. The largest absolute Gasteiger partial charge is 0.454 e. The van der Waals surface area contributed by atoms with E-state index in [0.29, 0.717) is 13.2 Å². The molecule has 4 rings (SSSR count). The third-order valence-electron chi connectivity index (χ3n) is 5.73. The molecule has 0 amide bonds. The summed E-state index contributed by atoms with van der Waals surface area (Å²) in [4.78, 5) is 12.8. The molecule has 2 aliphatic rings. The van der Waals surface area contributed by atoms with Gasteiger partial charge >= 0.3 is 5.97 Å². The van der Waals surface area contributed by atoms with Crippen molar-refractivity contribution in [1.29, 1.82) is 0 Å². The van der Waals surface area contributed by atoms with Gasteiger partial charge in [-0.3, -0.25) is 4.79 Å². The maximum atomic E-state index is 12.8. The molecule has 7 nitrogen and oxygen atoms in total. The van der Waals surface area contributed by atoms with Crippen LogP contribution in [0.25, 0.3) is 0 Å². The monoisotopic (exact) mass is 456 g/mol. The molecular formula is C26H32O7. The first-order chi connectivity index (χ1) is 15.9. The van der Waals surface area contributed by atoms with Crippen LogP contribution in [0, 0.1) is 5.41 Å². The molecular weight excluding hydrogens is 424 g/mol. The fraction of sp³-hybridized carbons (Fsp3) is 0.500. The molecule has 0 aromatic heterocycles. The molecule has 2 fully saturated rings. The van der Waals surface area contributed by atoms with Gasteiger partial charge in [-0.2, -0.15) is 0 Å². The molecule has 0 saturated carbocycles. The average Bonchev–Trinajstić information content (AvgIpc) is 2.83. The molecule has 33 heavy (non-hydrogen) atoms. The second kappa shape index (κ2) is 10.3. The summed E-state index contributed by atoms with van der Waals surface area (Å²) in [5.74, 6) is -0.364. The molecule has 7 heteroatoms. The minimum atomic E-state index is -0.807. The fourth-order valence-corrected chi connectivity index (χ4v) is 3.90. The van der Waals surface area contributed by atoms with Crippen molar-refractivity contribution in [2.75, 3.05) is 13.7 Å². The average molecular weight is 457 g/mol. The number of ether oxygens (including phenoxy) is 6. The van der Waals surface area contributed by atoms with E-state index in [1.807, 2.05) is 60.7 Å². The third-order valence-corrected chi connectivity index (χ3v) is 5.73. The predicted octanol–water partition coefficient (Wildman–Crippen LogP) is 4.02. The third kappa shape index (κ3) is 5.62. The molecule has 6 unspecified atom stereocenters. The molecule has 2 aromatic carbocycles. The van der Waals surface area contributed by atoms with Crippen LogP contribution in [0.4, 0.5) is 0 Å². The Hall–Kier alpha value is -2.29. The van der Waals surface area contributed by atoms with Gasteiger partial charge in [-0.25, -0.2) is 0 Å². The highest BCUT2D eigenvalue weighted by Crippen LogP contribution is 2.37. The highest BCUT2D eigenvalue weighted by atomic mass is 16.8. The van der Waals surface area contributed by atoms with Crippen LogP contribution in [0.1, 0.15) is 38.2 Å². The first kappa shape index (κ1) is 23.9. The van der Waals surface area contributed by atoms with Gasteiger partial charge in [-0.1, -0.05) is 60.7 Å². The lowest BCUT2D eigenvalue weighted by Crippen LogP contribution is -2.64. The smallest absolute Gasteiger partial charge is 0.311 e. The van der Waals surface area contributed by atoms with Crippen molar-refractivity contribution in [2.24, 2.45) is 5.41 Å². The van der Waals surface area contributed by atoms with E-state index < -0.39 is 42.4 Å². The molecule has 0 N–H and O–H groups in total. The molecule has 0 spiro atoms. The van der Waals surface area contributed by atoms with E-state index in [1.54, 1.807) is 20.8 Å². The number of fused-ring (bicyclic) bond motifs is 1. The first-order valence-electron chi connectivity index (χ1n) is 11.2. The lowest BCUT2D eigenvalue weighted by Gasteiger charge is -2.48. The molecule has 2 aromatic rings. The van der Waals surface area contributed by atoms with Gasteiger partial charge in [0.1, 0.15) is 18.3 Å². The Kier molecular flexibility index (Phi) is 7.46. The Morgan fingerprint density at radius 1 is 0.970 bits per heavy atom. The summed E-state index contributed by atoms with van der Waals surface area (Å²) >= 11 is 0. The van der Waals surface area contributed by atoms with Crippen LogP contribution in [0.5, 0.6) is 0 Å². The Bertz CT molecular complexity index is 896. The van der Waals surface area contributed by atoms with Crippen molar-refractivity contribution in [3.63, 3.8) is 0 Å². The molecule has 6 atom stereocenters. The highest BCUT2D eigenvalue weighted by molar-refractivity contribution is 5.75. The Morgan fingerprint density at radius 3 is 2.27 bits per heavy atom. The molecule has 178 valence electrons. The maximum absolute atomic E-state index is 12.8. The van der Waals surface area contributed by atoms with Crippen molar-refractivity contribution in [2.45, 2.75) is 64.4 Å². The summed E-state index contributed by atoms with van der Waals surface area (Å²) in [5.41, 5.74) is 1.21. The molecule has 2 heterocycles. The summed E-state index contributed by atoms with van der Waals surface area (Å²) in [6.45, 7) is 6.05. The van der Waals surface area contributed by atoms with Gasteiger partial charge in [0.2, 0.25) is 0 Å². The molecule has 2 saturated heterocycles. The second-order valence-electron chi connectivity index (χ2n) is 9.34. The topological polar surface area (TPSA) is 72.5 Å². The minimum absolute atomic E-state index is 0.301. The van der Waals surface area contributed by atoms with E-state index in [-0.39, 0.29) is 5.97 Å². The van der Waals surface area contributed by atoms with Gasteiger partial charge in [0.05, 0.1) is 18.6 Å². The summed E-state index contributed by atoms with van der Waals surface area (Å²) in [7, 11) is 1.52. The standard InChI is InChI=1S/C26H32O7/c1-26(2,3)25(27)33-22-21(29-15-17-11-7-5-8-12-17)20-19(31-24(22)28-4)16-30-23(32-20)18-13-9-6-10-14-18/h5-14,19-24H,15-16H2,1-4H3. The second-order valence-corrected chi connectivity index (χ2v) is 9.34. The summed E-state index contributed by atoms with van der Waals surface area (Å²) < 4.78 is 36.2. The van der Waals surface area contributed by atoms with Gasteiger partial charge < -0.3 is 28.4 Å². The lowest BCUT2D eigenvalue weighted by molar-refractivity contribution is -0.365. The normalized spacial score (nSPS) is 29.8. The van der Waals surface area contributed by atoms with E-state index in [4.69, 9.17) is 28.4 Å². The van der Waals surface area contributed by atoms with E-state index in [9.17, 15) is 4.79 Å². The number of carbonyl (C=O) groups excluding carboxylic acids is 1. The van der Waals surface area contributed by atoms with Crippen molar-refractivity contribution in [3.8, 4) is 0 Å². The number of esters is 1. The van der Waals surface area contributed by atoms with E-state index in [0.717, 1.165) is 11.1 Å². The summed E-state index contributed by atoms with van der Waals surface area (Å²) in [6.07, 6.45) is -3.75. The fourth-order valence-electron chi connectivity index (χ4n) is 3.90. The van der Waals surface area contributed by atoms with Crippen LogP contribution in [0.3, 0.4) is 0 Å². The maximum Gasteiger partial charge on any atom is 0.311 e. The van der Waals surface area contributed by atoms with Crippen molar-refractivity contribution in [1.82, 2.24) is 0 Å². The zero-order valence-electron chi connectivity index (χ0n) is 19.5. The number of hydrogen-bond acceptors (Lipinski definition) is 7. The van der Waals surface area contributed by atoms with Crippen LogP contribution < -0.4 is 0 Å². The van der Waals surface area contributed by atoms with Gasteiger partial charge in [0, 0.05) is 12.7 Å². The van der Waals surface area contributed by atoms with Crippen LogP contribution in [-0.4, -0.2) is 50.4 Å². The van der Waals surface area contributed by atoms with Gasteiger partial charge in [0.25, 0.3) is 0 Å². The summed E-state index contributed by atoms with van der Waals surface area (Å²) in [6, 6.07) is 19.5. The van der Waals surface area contributed by atoms with Crippen LogP contribution in [0.2, 0.25) is 0 Å². The van der Waals surface area contributed by atoms with Gasteiger partial charge in [-0.15, -0.1) is 0 Å². The first-order valence-corrected chi connectivity index (χ1v) is 11.2. The Morgan fingerprint density at radius 2 is 1.64 bits per heavy atom. The summed E-state index contributed by atoms with van der Waals surface area (Å²) in [5, 5.41) is 0. The van der Waals surface area contributed by atoms with Gasteiger partial charge in [-0.05, 0) is 26.3 Å². The minimum Gasteiger partial charge on any atom is -0.454 e. The number of methoxy groups -OCH3 is 1. The van der Waals surface area contributed by atoms with Crippen molar-refractivity contribution < 1.29 is 33.2 Å². The number of rotatable bonds is 6. The van der Waals surface area contributed by atoms with E-state index >= 15 is 0 Å².